The van der Waals surface area contributed by atoms with Crippen molar-refractivity contribution in [3.63, 3.8) is 0 Å². The van der Waals surface area contributed by atoms with E-state index < -0.39 is 5.97 Å². The van der Waals surface area contributed by atoms with E-state index in [1.165, 1.54) is 6.08 Å². The molecule has 0 aliphatic heterocycles. The summed E-state index contributed by atoms with van der Waals surface area (Å²) in [6.07, 6.45) is 6.30. The molecule has 1 heterocycles. The molecule has 74 valence electrons. The highest BCUT2D eigenvalue weighted by molar-refractivity contribution is 5.89. The van der Waals surface area contributed by atoms with Gasteiger partial charge < -0.3 is 5.11 Å². The highest BCUT2D eigenvalue weighted by Crippen LogP contribution is 2.18. The Labute approximate surface area is 83.1 Å². The number of pyridine rings is 1. The Morgan fingerprint density at radius 1 is 1.50 bits per heavy atom. The lowest BCUT2D eigenvalue weighted by molar-refractivity contribution is -0.131. The van der Waals surface area contributed by atoms with Gasteiger partial charge in [0.15, 0.2) is 0 Å². The lowest BCUT2D eigenvalue weighted by atomic mass is 10.0. The number of carboxylic acids is 1. The number of hydrogen-bond donors (Lipinski definition) is 1. The number of hydrogen-bond acceptors (Lipinski definition) is 2. The summed E-state index contributed by atoms with van der Waals surface area (Å²) >= 11 is 0. The molecule has 0 aromatic carbocycles. The predicted molar refractivity (Wildman–Crippen MR) is 54.8 cm³/mol. The van der Waals surface area contributed by atoms with Gasteiger partial charge in [-0.1, -0.05) is 13.3 Å². The maximum Gasteiger partial charge on any atom is 0.328 e. The van der Waals surface area contributed by atoms with Crippen molar-refractivity contribution in [2.75, 3.05) is 0 Å². The molecule has 0 saturated carbocycles. The van der Waals surface area contributed by atoms with Crippen LogP contribution in [0.4, 0.5) is 0 Å². The van der Waals surface area contributed by atoms with Gasteiger partial charge in [-0.05, 0) is 29.7 Å². The van der Waals surface area contributed by atoms with Gasteiger partial charge in [-0.3, -0.25) is 4.98 Å². The van der Waals surface area contributed by atoms with E-state index >= 15 is 0 Å². The van der Waals surface area contributed by atoms with Crippen LogP contribution in [-0.2, 0) is 4.79 Å². The van der Waals surface area contributed by atoms with Crippen molar-refractivity contribution in [3.05, 3.63) is 36.2 Å². The Bertz CT molecular complexity index is 330. The third kappa shape index (κ3) is 3.01. The fraction of sp³-hybridized carbons (Fsp3) is 0.273. The average molecular weight is 191 g/mol. The molecule has 0 aliphatic rings. The minimum atomic E-state index is -0.898. The Morgan fingerprint density at radius 3 is 2.64 bits per heavy atom. The largest absolute Gasteiger partial charge is 0.478 e. The molecular weight excluding hydrogens is 178 g/mol. The summed E-state index contributed by atoms with van der Waals surface area (Å²) in [6, 6.07) is 3.65. The summed E-state index contributed by atoms with van der Waals surface area (Å²) in [4.78, 5) is 14.5. The molecule has 0 amide bonds. The van der Waals surface area contributed by atoms with Crippen LogP contribution in [0.3, 0.4) is 0 Å². The molecule has 0 radical (unpaired) electrons. The number of nitrogens with zero attached hydrogens (tertiary/aromatic N) is 1. The number of allylic oxidation sites excluding steroid dienone is 1. The van der Waals surface area contributed by atoms with E-state index in [0.717, 1.165) is 24.0 Å². The van der Waals surface area contributed by atoms with Crippen LogP contribution in [0.25, 0.3) is 5.57 Å². The first-order valence-corrected chi connectivity index (χ1v) is 4.58. The molecule has 1 aromatic heterocycles. The number of aliphatic carboxylic acids is 1. The summed E-state index contributed by atoms with van der Waals surface area (Å²) in [5.74, 6) is -0.898. The topological polar surface area (TPSA) is 50.2 Å². The van der Waals surface area contributed by atoms with Crippen molar-refractivity contribution in [1.29, 1.82) is 0 Å². The van der Waals surface area contributed by atoms with Crippen LogP contribution in [-0.4, -0.2) is 16.1 Å². The molecule has 0 spiro atoms. The van der Waals surface area contributed by atoms with Crippen LogP contribution in [0, 0.1) is 0 Å². The number of carbonyl (C=O) groups is 1. The molecule has 1 rings (SSSR count). The average Bonchev–Trinajstić information content (AvgIpc) is 2.18. The first-order chi connectivity index (χ1) is 6.74. The Hall–Kier alpha value is -1.64. The Morgan fingerprint density at radius 2 is 2.14 bits per heavy atom. The molecule has 0 saturated heterocycles. The smallest absolute Gasteiger partial charge is 0.328 e. The van der Waals surface area contributed by atoms with E-state index in [1.54, 1.807) is 12.4 Å². The van der Waals surface area contributed by atoms with E-state index in [4.69, 9.17) is 5.11 Å². The molecule has 0 unspecified atom stereocenters. The van der Waals surface area contributed by atoms with Crippen LogP contribution >= 0.6 is 0 Å². The molecule has 0 bridgehead atoms. The fourth-order valence-electron chi connectivity index (χ4n) is 1.28. The van der Waals surface area contributed by atoms with Gasteiger partial charge in [0.05, 0.1) is 0 Å². The summed E-state index contributed by atoms with van der Waals surface area (Å²) < 4.78 is 0. The highest BCUT2D eigenvalue weighted by atomic mass is 16.4. The molecule has 0 fully saturated rings. The second kappa shape index (κ2) is 5.17. The third-order valence-electron chi connectivity index (χ3n) is 1.87. The number of rotatable bonds is 4. The van der Waals surface area contributed by atoms with Gasteiger partial charge in [0.1, 0.15) is 0 Å². The normalized spacial score (nSPS) is 11.4. The summed E-state index contributed by atoms with van der Waals surface area (Å²) in [5, 5.41) is 8.68. The molecule has 1 aromatic rings. The monoisotopic (exact) mass is 191 g/mol. The SMILES string of the molecule is CCC/C(=C\C(=O)O)c1ccncc1. The van der Waals surface area contributed by atoms with Crippen LogP contribution in [0.2, 0.25) is 0 Å². The first-order valence-electron chi connectivity index (χ1n) is 4.58. The first kappa shape index (κ1) is 10.4. The van der Waals surface area contributed by atoms with Gasteiger partial charge in [-0.15, -0.1) is 0 Å². The quantitative estimate of drug-likeness (QED) is 0.743. The van der Waals surface area contributed by atoms with Crippen molar-refractivity contribution in [3.8, 4) is 0 Å². The highest BCUT2D eigenvalue weighted by Gasteiger charge is 2.02. The van der Waals surface area contributed by atoms with E-state index in [0.29, 0.717) is 0 Å². The van der Waals surface area contributed by atoms with Crippen molar-refractivity contribution < 1.29 is 9.90 Å². The van der Waals surface area contributed by atoms with Crippen molar-refractivity contribution >= 4 is 11.5 Å². The Kier molecular flexibility index (Phi) is 3.85. The zero-order chi connectivity index (χ0) is 10.4. The Balaban J connectivity index is 2.94. The maximum atomic E-state index is 10.6. The van der Waals surface area contributed by atoms with Crippen LogP contribution in [0.1, 0.15) is 25.3 Å². The second-order valence-electron chi connectivity index (χ2n) is 2.99. The van der Waals surface area contributed by atoms with Gasteiger partial charge in [0, 0.05) is 18.5 Å². The maximum absolute atomic E-state index is 10.6. The van der Waals surface area contributed by atoms with E-state index in [1.807, 2.05) is 19.1 Å². The molecule has 0 aliphatic carbocycles. The van der Waals surface area contributed by atoms with E-state index in [2.05, 4.69) is 4.98 Å². The van der Waals surface area contributed by atoms with Gasteiger partial charge in [0.25, 0.3) is 0 Å². The zero-order valence-corrected chi connectivity index (χ0v) is 8.10. The number of aromatic nitrogens is 1. The molecule has 0 atom stereocenters. The molecule has 1 N–H and O–H groups in total. The lowest BCUT2D eigenvalue weighted by Gasteiger charge is -2.04. The van der Waals surface area contributed by atoms with Gasteiger partial charge in [-0.2, -0.15) is 0 Å². The zero-order valence-electron chi connectivity index (χ0n) is 8.10. The van der Waals surface area contributed by atoms with Crippen LogP contribution in [0.15, 0.2) is 30.6 Å². The number of carboxylic acid groups (broad SMARTS) is 1. The van der Waals surface area contributed by atoms with Crippen LogP contribution < -0.4 is 0 Å². The van der Waals surface area contributed by atoms with Crippen molar-refractivity contribution in [2.24, 2.45) is 0 Å². The minimum absolute atomic E-state index is 0.774. The molecule has 14 heavy (non-hydrogen) atoms. The summed E-state index contributed by atoms with van der Waals surface area (Å²) in [7, 11) is 0. The van der Waals surface area contributed by atoms with Gasteiger partial charge in [0.2, 0.25) is 0 Å². The van der Waals surface area contributed by atoms with E-state index in [-0.39, 0.29) is 0 Å². The predicted octanol–water partition coefficient (Wildman–Crippen LogP) is 2.35. The molecule has 3 nitrogen and oxygen atoms in total. The van der Waals surface area contributed by atoms with E-state index in [9.17, 15) is 4.79 Å². The van der Waals surface area contributed by atoms with Gasteiger partial charge >= 0.3 is 5.97 Å². The van der Waals surface area contributed by atoms with Crippen molar-refractivity contribution in [1.82, 2.24) is 4.98 Å². The van der Waals surface area contributed by atoms with Crippen LogP contribution in [0.5, 0.6) is 0 Å². The minimum Gasteiger partial charge on any atom is -0.478 e. The van der Waals surface area contributed by atoms with Gasteiger partial charge in [-0.25, -0.2) is 4.79 Å². The lowest BCUT2D eigenvalue weighted by Crippen LogP contribution is -1.92. The second-order valence-corrected chi connectivity index (χ2v) is 2.99. The summed E-state index contributed by atoms with van der Waals surface area (Å²) in [5.41, 5.74) is 1.78. The standard InChI is InChI=1S/C11H13NO2/c1-2-3-10(8-11(13)14)9-4-6-12-7-5-9/h4-8H,2-3H2,1H3,(H,13,14)/b10-8+. The summed E-state index contributed by atoms with van der Waals surface area (Å²) in [6.45, 7) is 2.02. The molecule has 3 heteroatoms. The van der Waals surface area contributed by atoms with Crippen molar-refractivity contribution in [2.45, 2.75) is 19.8 Å². The fourth-order valence-corrected chi connectivity index (χ4v) is 1.28. The molecular formula is C11H13NO2. The third-order valence-corrected chi connectivity index (χ3v) is 1.87.